The Kier molecular flexibility index (Phi) is 3.16. The average molecular weight is 270 g/mol. The highest BCUT2D eigenvalue weighted by molar-refractivity contribution is 5.91. The number of benzene rings is 2. The van der Waals surface area contributed by atoms with Gasteiger partial charge in [-0.2, -0.15) is 10.1 Å². The standard InChI is InChI=1S/C15H11FN2O2/c16-14-10-12(18-15(19)20-9-8-17-18)6-7-13(14)11-4-2-1-3-5-11/h1-8,10H,9H2. The first kappa shape index (κ1) is 12.3. The molecule has 0 fully saturated rings. The minimum atomic E-state index is -0.612. The first-order valence-corrected chi connectivity index (χ1v) is 6.10. The molecule has 1 aliphatic rings. The molecular formula is C15H11FN2O2. The second-order valence-electron chi connectivity index (χ2n) is 4.22. The van der Waals surface area contributed by atoms with Gasteiger partial charge in [0, 0.05) is 11.6 Å². The van der Waals surface area contributed by atoms with Gasteiger partial charge in [-0.15, -0.1) is 0 Å². The summed E-state index contributed by atoms with van der Waals surface area (Å²) in [5.41, 5.74) is 1.59. The summed E-state index contributed by atoms with van der Waals surface area (Å²) in [5.74, 6) is -0.415. The van der Waals surface area contributed by atoms with Crippen molar-refractivity contribution in [1.29, 1.82) is 0 Å². The summed E-state index contributed by atoms with van der Waals surface area (Å²) in [6, 6.07) is 13.7. The molecule has 2 aromatic carbocycles. The molecule has 0 unspecified atom stereocenters. The van der Waals surface area contributed by atoms with Crippen LogP contribution in [0.5, 0.6) is 0 Å². The van der Waals surface area contributed by atoms with Gasteiger partial charge in [0.05, 0.1) is 11.9 Å². The third-order valence-corrected chi connectivity index (χ3v) is 2.93. The maximum absolute atomic E-state index is 14.2. The molecule has 0 spiro atoms. The van der Waals surface area contributed by atoms with Gasteiger partial charge in [0.15, 0.2) is 0 Å². The van der Waals surface area contributed by atoms with E-state index in [0.717, 1.165) is 10.6 Å². The summed E-state index contributed by atoms with van der Waals surface area (Å²) >= 11 is 0. The SMILES string of the molecule is O=C1OCC=NN1c1ccc(-c2ccccc2)c(F)c1. The highest BCUT2D eigenvalue weighted by atomic mass is 19.1. The quantitative estimate of drug-likeness (QED) is 0.838. The molecule has 1 amide bonds. The van der Waals surface area contributed by atoms with E-state index in [0.29, 0.717) is 11.3 Å². The molecule has 0 atom stereocenters. The van der Waals surface area contributed by atoms with Gasteiger partial charge in [0.1, 0.15) is 12.4 Å². The number of cyclic esters (lactones) is 1. The average Bonchev–Trinajstić information content (AvgIpc) is 2.48. The fourth-order valence-electron chi connectivity index (χ4n) is 1.99. The highest BCUT2D eigenvalue weighted by Crippen LogP contribution is 2.27. The molecule has 100 valence electrons. The van der Waals surface area contributed by atoms with Gasteiger partial charge >= 0.3 is 6.09 Å². The van der Waals surface area contributed by atoms with E-state index in [1.54, 1.807) is 12.1 Å². The van der Waals surface area contributed by atoms with Gasteiger partial charge in [-0.05, 0) is 17.7 Å². The van der Waals surface area contributed by atoms with Crippen LogP contribution in [0.1, 0.15) is 0 Å². The first-order valence-electron chi connectivity index (χ1n) is 6.10. The predicted molar refractivity (Wildman–Crippen MR) is 74.2 cm³/mol. The number of hydrogen-bond acceptors (Lipinski definition) is 3. The van der Waals surface area contributed by atoms with Crippen molar-refractivity contribution in [1.82, 2.24) is 0 Å². The van der Waals surface area contributed by atoms with Crippen molar-refractivity contribution in [3.8, 4) is 11.1 Å². The minimum Gasteiger partial charge on any atom is -0.442 e. The second-order valence-corrected chi connectivity index (χ2v) is 4.22. The van der Waals surface area contributed by atoms with E-state index in [2.05, 4.69) is 5.10 Å². The fraction of sp³-hybridized carbons (Fsp3) is 0.0667. The number of nitrogens with zero attached hydrogens (tertiary/aromatic N) is 2. The lowest BCUT2D eigenvalue weighted by atomic mass is 10.0. The summed E-state index contributed by atoms with van der Waals surface area (Å²) < 4.78 is 19.0. The summed E-state index contributed by atoms with van der Waals surface area (Å²) in [5, 5.41) is 4.92. The van der Waals surface area contributed by atoms with E-state index in [1.165, 1.54) is 12.3 Å². The van der Waals surface area contributed by atoms with Crippen LogP contribution in [0.2, 0.25) is 0 Å². The lowest BCUT2D eigenvalue weighted by Gasteiger charge is -2.20. The zero-order valence-corrected chi connectivity index (χ0v) is 10.5. The van der Waals surface area contributed by atoms with Crippen molar-refractivity contribution in [2.45, 2.75) is 0 Å². The molecule has 4 nitrogen and oxygen atoms in total. The number of rotatable bonds is 2. The maximum atomic E-state index is 14.2. The first-order chi connectivity index (χ1) is 9.75. The van der Waals surface area contributed by atoms with Crippen molar-refractivity contribution in [3.63, 3.8) is 0 Å². The molecule has 0 bridgehead atoms. The number of ether oxygens (including phenoxy) is 1. The molecule has 0 saturated heterocycles. The predicted octanol–water partition coefficient (Wildman–Crippen LogP) is 3.44. The second kappa shape index (κ2) is 5.13. The van der Waals surface area contributed by atoms with Crippen molar-refractivity contribution in [2.75, 3.05) is 11.6 Å². The minimum absolute atomic E-state index is 0.139. The van der Waals surface area contributed by atoms with Gasteiger partial charge in [0.25, 0.3) is 0 Å². The van der Waals surface area contributed by atoms with Crippen LogP contribution in [0.4, 0.5) is 14.9 Å². The third kappa shape index (κ3) is 2.25. The zero-order chi connectivity index (χ0) is 13.9. The van der Waals surface area contributed by atoms with E-state index in [-0.39, 0.29) is 6.61 Å². The van der Waals surface area contributed by atoms with Crippen molar-refractivity contribution < 1.29 is 13.9 Å². The van der Waals surface area contributed by atoms with Gasteiger partial charge in [-0.25, -0.2) is 9.18 Å². The number of hydrogen-bond donors (Lipinski definition) is 0. The van der Waals surface area contributed by atoms with E-state index in [4.69, 9.17) is 4.74 Å². The lowest BCUT2D eigenvalue weighted by molar-refractivity contribution is 0.167. The van der Waals surface area contributed by atoms with Crippen LogP contribution in [0.3, 0.4) is 0 Å². The molecule has 2 aromatic rings. The van der Waals surface area contributed by atoms with E-state index < -0.39 is 11.9 Å². The summed E-state index contributed by atoms with van der Waals surface area (Å²) in [6.07, 6.45) is 0.837. The molecule has 1 aliphatic heterocycles. The Labute approximate surface area is 115 Å². The van der Waals surface area contributed by atoms with Crippen LogP contribution in [-0.4, -0.2) is 18.9 Å². The smallest absolute Gasteiger partial charge is 0.435 e. The number of halogens is 1. The van der Waals surface area contributed by atoms with Gasteiger partial charge < -0.3 is 4.74 Å². The van der Waals surface area contributed by atoms with Gasteiger partial charge in [-0.1, -0.05) is 30.3 Å². The molecular weight excluding hydrogens is 259 g/mol. The Morgan fingerprint density at radius 1 is 1.15 bits per heavy atom. The summed E-state index contributed by atoms with van der Waals surface area (Å²) in [7, 11) is 0. The molecule has 5 heteroatoms. The van der Waals surface area contributed by atoms with Crippen LogP contribution in [0.15, 0.2) is 53.6 Å². The Balaban J connectivity index is 1.98. The van der Waals surface area contributed by atoms with E-state index in [9.17, 15) is 9.18 Å². The van der Waals surface area contributed by atoms with E-state index in [1.807, 2.05) is 30.3 Å². The molecule has 0 N–H and O–H groups in total. The topological polar surface area (TPSA) is 41.9 Å². The Hall–Kier alpha value is -2.69. The molecule has 0 aliphatic carbocycles. The third-order valence-electron chi connectivity index (χ3n) is 2.93. The normalized spacial score (nSPS) is 14.2. The number of carbonyl (C=O) groups excluding carboxylic acids is 1. The number of hydrazone groups is 1. The van der Waals surface area contributed by atoms with Gasteiger partial charge in [0.2, 0.25) is 0 Å². The van der Waals surface area contributed by atoms with Crippen molar-refractivity contribution >= 4 is 18.0 Å². The van der Waals surface area contributed by atoms with Crippen LogP contribution >= 0.6 is 0 Å². The highest BCUT2D eigenvalue weighted by Gasteiger charge is 2.20. The number of amides is 1. The zero-order valence-electron chi connectivity index (χ0n) is 10.5. The van der Waals surface area contributed by atoms with Crippen LogP contribution < -0.4 is 5.01 Å². The monoisotopic (exact) mass is 270 g/mol. The number of carbonyl (C=O) groups is 1. The fourth-order valence-corrected chi connectivity index (χ4v) is 1.99. The van der Waals surface area contributed by atoms with E-state index >= 15 is 0 Å². The number of anilines is 1. The lowest BCUT2D eigenvalue weighted by Crippen LogP contribution is -2.31. The summed E-state index contributed by atoms with van der Waals surface area (Å²) in [6.45, 7) is 0.139. The van der Waals surface area contributed by atoms with Crippen molar-refractivity contribution in [2.24, 2.45) is 5.10 Å². The Morgan fingerprint density at radius 3 is 2.65 bits per heavy atom. The largest absolute Gasteiger partial charge is 0.442 e. The van der Waals surface area contributed by atoms with Gasteiger partial charge in [-0.3, -0.25) is 0 Å². The maximum Gasteiger partial charge on any atom is 0.435 e. The van der Waals surface area contributed by atoms with Crippen LogP contribution in [0, 0.1) is 5.82 Å². The van der Waals surface area contributed by atoms with Crippen molar-refractivity contribution in [3.05, 3.63) is 54.3 Å². The Bertz CT molecular complexity index is 671. The van der Waals surface area contributed by atoms with Crippen LogP contribution in [-0.2, 0) is 4.74 Å². The molecule has 1 heterocycles. The molecule has 0 saturated carbocycles. The summed E-state index contributed by atoms with van der Waals surface area (Å²) in [4.78, 5) is 11.5. The molecule has 0 radical (unpaired) electrons. The molecule has 3 rings (SSSR count). The Morgan fingerprint density at radius 2 is 1.95 bits per heavy atom. The molecule has 20 heavy (non-hydrogen) atoms. The van der Waals surface area contributed by atoms with Crippen LogP contribution in [0.25, 0.3) is 11.1 Å². The molecule has 0 aromatic heterocycles.